The molecule has 1 aromatic heterocycles. The van der Waals surface area contributed by atoms with E-state index >= 15 is 0 Å². The van der Waals surface area contributed by atoms with Crippen LogP contribution in [0.25, 0.3) is 11.0 Å². The van der Waals surface area contributed by atoms with Crippen molar-refractivity contribution in [1.82, 2.24) is 0 Å². The van der Waals surface area contributed by atoms with Gasteiger partial charge in [-0.3, -0.25) is 0 Å². The minimum absolute atomic E-state index is 0.135. The lowest BCUT2D eigenvalue weighted by Crippen LogP contribution is -2.44. The number of aromatic hydroxyl groups is 3. The molecule has 0 aliphatic carbocycles. The molecule has 0 spiro atoms. The Labute approximate surface area is 78.0 Å². The van der Waals surface area contributed by atoms with Gasteiger partial charge in [0.25, 0.3) is 0 Å². The Bertz CT molecular complexity index is 558. The third-order valence-electron chi connectivity index (χ3n) is 1.86. The second-order valence-corrected chi connectivity index (χ2v) is 2.87. The number of benzene rings is 1. The molecule has 5 heteroatoms. The highest BCUT2D eigenvalue weighted by Gasteiger charge is 2.09. The molecule has 0 amide bonds. The SMILES string of the molecule is [NH2+]=c1oc2cc(O)cc(O)c2cc1O. The van der Waals surface area contributed by atoms with E-state index in [1.54, 1.807) is 0 Å². The van der Waals surface area contributed by atoms with Crippen molar-refractivity contribution >= 4 is 11.0 Å². The average Bonchev–Trinajstić information content (AvgIpc) is 2.08. The molecular formula is C9H8NO4+. The molecule has 1 heterocycles. The minimum Gasteiger partial charge on any atom is -0.508 e. The zero-order chi connectivity index (χ0) is 10.3. The summed E-state index contributed by atoms with van der Waals surface area (Å²) in [6, 6.07) is 3.71. The molecule has 0 aliphatic heterocycles. The normalized spacial score (nSPS) is 10.6. The molecule has 1 aromatic carbocycles. The fraction of sp³-hybridized carbons (Fsp3) is 0. The van der Waals surface area contributed by atoms with Gasteiger partial charge in [0.05, 0.1) is 5.39 Å². The molecule has 14 heavy (non-hydrogen) atoms. The molecule has 0 radical (unpaired) electrons. The van der Waals surface area contributed by atoms with Crippen molar-refractivity contribution in [2.24, 2.45) is 0 Å². The first kappa shape index (κ1) is 8.43. The quantitative estimate of drug-likeness (QED) is 0.441. The smallest absolute Gasteiger partial charge is 0.407 e. The first-order chi connectivity index (χ1) is 6.58. The van der Waals surface area contributed by atoms with E-state index in [9.17, 15) is 10.2 Å². The van der Waals surface area contributed by atoms with Crippen LogP contribution < -0.4 is 11.0 Å². The van der Waals surface area contributed by atoms with Crippen molar-refractivity contribution < 1.29 is 25.1 Å². The highest BCUT2D eigenvalue weighted by Crippen LogP contribution is 2.29. The molecule has 0 fully saturated rings. The first-order valence-corrected chi connectivity index (χ1v) is 3.85. The predicted octanol–water partition coefficient (Wildman–Crippen LogP) is -0.791. The van der Waals surface area contributed by atoms with Crippen LogP contribution >= 0.6 is 0 Å². The molecule has 0 bridgehead atoms. The van der Waals surface area contributed by atoms with Gasteiger partial charge in [-0.1, -0.05) is 0 Å². The van der Waals surface area contributed by atoms with Crippen molar-refractivity contribution in [2.75, 3.05) is 0 Å². The van der Waals surface area contributed by atoms with Crippen molar-refractivity contribution in [3.63, 3.8) is 0 Å². The van der Waals surface area contributed by atoms with Crippen LogP contribution in [-0.2, 0) is 0 Å². The van der Waals surface area contributed by atoms with Crippen LogP contribution in [0, 0.1) is 0 Å². The van der Waals surface area contributed by atoms with E-state index in [4.69, 9.17) is 14.9 Å². The molecule has 72 valence electrons. The van der Waals surface area contributed by atoms with E-state index in [1.807, 2.05) is 0 Å². The van der Waals surface area contributed by atoms with Gasteiger partial charge in [-0.05, 0) is 0 Å². The summed E-state index contributed by atoms with van der Waals surface area (Å²) in [5, 5.41) is 33.4. The molecule has 0 saturated heterocycles. The summed E-state index contributed by atoms with van der Waals surface area (Å²) in [5.74, 6) is -0.568. The Kier molecular flexibility index (Phi) is 1.60. The highest BCUT2D eigenvalue weighted by molar-refractivity contribution is 5.85. The molecule has 0 atom stereocenters. The van der Waals surface area contributed by atoms with E-state index < -0.39 is 0 Å². The summed E-state index contributed by atoms with van der Waals surface area (Å²) >= 11 is 0. The monoisotopic (exact) mass is 194 g/mol. The van der Waals surface area contributed by atoms with E-state index in [1.165, 1.54) is 12.1 Å². The van der Waals surface area contributed by atoms with Gasteiger partial charge in [-0.25, -0.2) is 5.41 Å². The summed E-state index contributed by atoms with van der Waals surface area (Å²) in [4.78, 5) is 0. The minimum atomic E-state index is -0.251. The van der Waals surface area contributed by atoms with Crippen molar-refractivity contribution in [2.45, 2.75) is 0 Å². The van der Waals surface area contributed by atoms with Crippen LogP contribution in [0.5, 0.6) is 17.2 Å². The number of rotatable bonds is 0. The second-order valence-electron chi connectivity index (χ2n) is 2.87. The Morgan fingerprint density at radius 2 is 1.71 bits per heavy atom. The third-order valence-corrected chi connectivity index (χ3v) is 1.86. The number of phenolic OH excluding ortho intramolecular Hbond substituents is 2. The Morgan fingerprint density at radius 3 is 2.43 bits per heavy atom. The van der Waals surface area contributed by atoms with Crippen molar-refractivity contribution in [3.05, 3.63) is 23.8 Å². The van der Waals surface area contributed by atoms with Crippen LogP contribution in [0.15, 0.2) is 22.6 Å². The number of hydrogen-bond donors (Lipinski definition) is 4. The summed E-state index contributed by atoms with van der Waals surface area (Å²) in [6.07, 6.45) is 0. The van der Waals surface area contributed by atoms with Gasteiger partial charge in [-0.15, -0.1) is 0 Å². The van der Waals surface area contributed by atoms with Gasteiger partial charge in [0, 0.05) is 18.2 Å². The zero-order valence-electron chi connectivity index (χ0n) is 7.06. The van der Waals surface area contributed by atoms with Crippen molar-refractivity contribution in [1.29, 1.82) is 0 Å². The highest BCUT2D eigenvalue weighted by atomic mass is 16.4. The van der Waals surface area contributed by atoms with Crippen molar-refractivity contribution in [3.8, 4) is 17.2 Å². The average molecular weight is 194 g/mol. The maximum Gasteiger partial charge on any atom is 0.407 e. The molecule has 0 unspecified atom stereocenters. The lowest BCUT2D eigenvalue weighted by Gasteiger charge is -2.00. The number of fused-ring (bicyclic) bond motifs is 1. The maximum absolute atomic E-state index is 9.40. The molecule has 5 nitrogen and oxygen atoms in total. The maximum atomic E-state index is 9.40. The van der Waals surface area contributed by atoms with Gasteiger partial charge in [-0.2, -0.15) is 0 Å². The number of hydrogen-bond acceptors (Lipinski definition) is 4. The predicted molar refractivity (Wildman–Crippen MR) is 46.3 cm³/mol. The van der Waals surface area contributed by atoms with Crippen LogP contribution in [0.2, 0.25) is 0 Å². The van der Waals surface area contributed by atoms with Gasteiger partial charge in [0.2, 0.25) is 5.75 Å². The Hall–Kier alpha value is -2.17. The van der Waals surface area contributed by atoms with Gasteiger partial charge in [0.1, 0.15) is 17.1 Å². The Morgan fingerprint density at radius 1 is 1.00 bits per heavy atom. The largest absolute Gasteiger partial charge is 0.508 e. The third kappa shape index (κ3) is 1.15. The summed E-state index contributed by atoms with van der Waals surface area (Å²) in [7, 11) is 0. The van der Waals surface area contributed by atoms with Gasteiger partial charge < -0.3 is 19.7 Å². The standard InChI is InChI=1S/C9H7NO4/c10-9-7(13)3-5-6(12)1-4(11)2-8(5)14-9/h1-3,10-13H/p+1. The van der Waals surface area contributed by atoms with E-state index in [0.29, 0.717) is 0 Å². The van der Waals surface area contributed by atoms with Crippen LogP contribution in [-0.4, -0.2) is 15.3 Å². The molecular weight excluding hydrogens is 186 g/mol. The summed E-state index contributed by atoms with van der Waals surface area (Å²) < 4.78 is 4.96. The van der Waals surface area contributed by atoms with E-state index in [2.05, 4.69) is 0 Å². The Balaban J connectivity index is 2.96. The second kappa shape index (κ2) is 2.66. The fourth-order valence-electron chi connectivity index (χ4n) is 1.21. The summed E-state index contributed by atoms with van der Waals surface area (Å²) in [5.41, 5.74) is 0.0419. The molecule has 5 N–H and O–H groups in total. The molecule has 0 saturated carbocycles. The van der Waals surface area contributed by atoms with E-state index in [-0.39, 0.29) is 33.8 Å². The van der Waals surface area contributed by atoms with Gasteiger partial charge in [0.15, 0.2) is 0 Å². The fourth-order valence-corrected chi connectivity index (χ4v) is 1.21. The topological polar surface area (TPSA) is 99.4 Å². The zero-order valence-corrected chi connectivity index (χ0v) is 7.06. The number of nitrogens with two attached hydrogens (primary N) is 1. The molecule has 0 aliphatic rings. The lowest BCUT2D eigenvalue weighted by molar-refractivity contribution is -0.199. The number of phenols is 2. The van der Waals surface area contributed by atoms with E-state index in [0.717, 1.165) is 6.07 Å². The summed E-state index contributed by atoms with van der Waals surface area (Å²) in [6.45, 7) is 0. The van der Waals surface area contributed by atoms with Crippen LogP contribution in [0.1, 0.15) is 0 Å². The molecule has 2 rings (SSSR count). The molecule has 2 aromatic rings. The van der Waals surface area contributed by atoms with Crippen LogP contribution in [0.4, 0.5) is 0 Å². The van der Waals surface area contributed by atoms with Gasteiger partial charge >= 0.3 is 5.55 Å². The van der Waals surface area contributed by atoms with Crippen LogP contribution in [0.3, 0.4) is 0 Å². The first-order valence-electron chi connectivity index (χ1n) is 3.85. The lowest BCUT2D eigenvalue weighted by atomic mass is 10.2.